The summed E-state index contributed by atoms with van der Waals surface area (Å²) in [6.07, 6.45) is 1.54. The predicted molar refractivity (Wildman–Crippen MR) is 123 cm³/mol. The van der Waals surface area contributed by atoms with Crippen LogP contribution in [0.3, 0.4) is 0 Å². The van der Waals surface area contributed by atoms with E-state index in [0.29, 0.717) is 54.4 Å². The van der Waals surface area contributed by atoms with Gasteiger partial charge in [0.1, 0.15) is 6.54 Å². The number of thioether (sulfide) groups is 1. The molecule has 1 aromatic carbocycles. The normalized spacial score (nSPS) is 17.5. The Morgan fingerprint density at radius 2 is 1.94 bits per heavy atom. The fourth-order valence-corrected chi connectivity index (χ4v) is 4.51. The van der Waals surface area contributed by atoms with E-state index in [0.717, 1.165) is 16.7 Å². The highest BCUT2D eigenvalue weighted by molar-refractivity contribution is 9.10. The van der Waals surface area contributed by atoms with Crippen molar-refractivity contribution in [1.82, 2.24) is 9.80 Å². The maximum Gasteiger partial charge on any atom is 0.343 e. The summed E-state index contributed by atoms with van der Waals surface area (Å²) in [4.78, 5) is 51.8. The van der Waals surface area contributed by atoms with Gasteiger partial charge in [0.2, 0.25) is 5.91 Å². The van der Waals surface area contributed by atoms with Crippen molar-refractivity contribution in [2.75, 3.05) is 53.2 Å². The summed E-state index contributed by atoms with van der Waals surface area (Å²) in [5.41, 5.74) is 0.570. The third kappa shape index (κ3) is 6.27. The molecule has 1 aromatic rings. The van der Waals surface area contributed by atoms with Crippen LogP contribution in [0, 0.1) is 0 Å². The Labute approximate surface area is 203 Å². The lowest BCUT2D eigenvalue weighted by molar-refractivity contribution is -0.143. The molecule has 33 heavy (non-hydrogen) atoms. The number of hydrogen-bond acceptors (Lipinski definition) is 9. The van der Waals surface area contributed by atoms with Crippen molar-refractivity contribution < 1.29 is 38.1 Å². The minimum absolute atomic E-state index is 0.187. The molecular weight excluding hydrogens is 520 g/mol. The van der Waals surface area contributed by atoms with Gasteiger partial charge in [-0.3, -0.25) is 19.3 Å². The summed E-state index contributed by atoms with van der Waals surface area (Å²) >= 11 is 4.16. The SMILES string of the molecule is CCOc1cc(/C=C2\SC(=O)N(CC(=O)N3CCOCC3)C2=O)cc(Br)c1OCC(=O)OC. The highest BCUT2D eigenvalue weighted by Crippen LogP contribution is 2.39. The van der Waals surface area contributed by atoms with E-state index >= 15 is 0 Å². The van der Waals surface area contributed by atoms with Gasteiger partial charge in [0, 0.05) is 13.1 Å². The fourth-order valence-electron chi connectivity index (χ4n) is 3.10. The first kappa shape index (κ1) is 25.1. The monoisotopic (exact) mass is 542 g/mol. The Kier molecular flexibility index (Phi) is 8.75. The lowest BCUT2D eigenvalue weighted by Gasteiger charge is -2.28. The van der Waals surface area contributed by atoms with E-state index in [1.165, 1.54) is 7.11 Å². The number of hydrogen-bond donors (Lipinski definition) is 0. The number of benzene rings is 1. The number of carbonyl (C=O) groups is 4. The van der Waals surface area contributed by atoms with E-state index in [1.807, 2.05) is 0 Å². The molecule has 0 aromatic heterocycles. The Hall–Kier alpha value is -2.57. The van der Waals surface area contributed by atoms with Gasteiger partial charge < -0.3 is 23.8 Å². The molecule has 2 heterocycles. The topological polar surface area (TPSA) is 112 Å². The highest BCUT2D eigenvalue weighted by atomic mass is 79.9. The average molecular weight is 543 g/mol. The van der Waals surface area contributed by atoms with Crippen LogP contribution in [0.5, 0.6) is 11.5 Å². The van der Waals surface area contributed by atoms with Gasteiger partial charge in [-0.1, -0.05) is 0 Å². The predicted octanol–water partition coefficient (Wildman–Crippen LogP) is 2.29. The molecule has 0 atom stereocenters. The molecule has 2 aliphatic rings. The van der Waals surface area contributed by atoms with E-state index < -0.39 is 17.1 Å². The van der Waals surface area contributed by atoms with Gasteiger partial charge in [-0.15, -0.1) is 0 Å². The van der Waals surface area contributed by atoms with Gasteiger partial charge in [-0.2, -0.15) is 0 Å². The van der Waals surface area contributed by atoms with Crippen molar-refractivity contribution in [3.05, 3.63) is 27.1 Å². The average Bonchev–Trinajstić information content (AvgIpc) is 3.06. The van der Waals surface area contributed by atoms with Crippen molar-refractivity contribution in [2.24, 2.45) is 0 Å². The van der Waals surface area contributed by atoms with E-state index in [4.69, 9.17) is 14.2 Å². The smallest absolute Gasteiger partial charge is 0.343 e. The third-order valence-electron chi connectivity index (χ3n) is 4.72. The van der Waals surface area contributed by atoms with E-state index in [1.54, 1.807) is 30.0 Å². The number of esters is 1. The zero-order chi connectivity index (χ0) is 24.0. The van der Waals surface area contributed by atoms with Gasteiger partial charge in [0.15, 0.2) is 18.1 Å². The number of halogens is 1. The Balaban J connectivity index is 1.77. The van der Waals surface area contributed by atoms with Gasteiger partial charge in [0.25, 0.3) is 11.1 Å². The molecule has 2 saturated heterocycles. The van der Waals surface area contributed by atoms with Crippen molar-refractivity contribution in [3.8, 4) is 11.5 Å². The van der Waals surface area contributed by atoms with Crippen molar-refractivity contribution in [3.63, 3.8) is 0 Å². The van der Waals surface area contributed by atoms with Gasteiger partial charge in [0.05, 0.1) is 36.3 Å². The number of carbonyl (C=O) groups excluding carboxylic acids is 4. The van der Waals surface area contributed by atoms with Gasteiger partial charge in [-0.25, -0.2) is 4.79 Å². The van der Waals surface area contributed by atoms with Crippen LogP contribution in [-0.2, 0) is 23.9 Å². The van der Waals surface area contributed by atoms with Gasteiger partial charge >= 0.3 is 5.97 Å². The molecular formula is C21H23BrN2O8S. The van der Waals surface area contributed by atoms with Crippen LogP contribution in [0.4, 0.5) is 4.79 Å². The number of rotatable bonds is 8. The van der Waals surface area contributed by atoms with Crippen LogP contribution in [0.25, 0.3) is 6.08 Å². The van der Waals surface area contributed by atoms with E-state index in [2.05, 4.69) is 20.7 Å². The molecule has 3 rings (SSSR count). The minimum atomic E-state index is -0.547. The van der Waals surface area contributed by atoms with Crippen molar-refractivity contribution in [2.45, 2.75) is 6.92 Å². The molecule has 10 nitrogen and oxygen atoms in total. The maximum atomic E-state index is 12.8. The number of amides is 3. The molecule has 0 spiro atoms. The Morgan fingerprint density at radius 1 is 1.21 bits per heavy atom. The largest absolute Gasteiger partial charge is 0.490 e. The molecule has 3 amide bonds. The standard InChI is InChI=1S/C21H23BrN2O8S/c1-3-31-15-9-13(8-14(22)19(15)32-12-18(26)29-2)10-16-20(27)24(21(28)33-16)11-17(25)23-4-6-30-7-5-23/h8-10H,3-7,11-12H2,1-2H3/b16-10-. The molecule has 0 radical (unpaired) electrons. The number of ether oxygens (including phenoxy) is 4. The maximum absolute atomic E-state index is 12.8. The summed E-state index contributed by atoms with van der Waals surface area (Å²) in [7, 11) is 1.26. The number of nitrogens with zero attached hydrogens (tertiary/aromatic N) is 2. The second-order valence-corrected chi connectivity index (χ2v) is 8.74. The van der Waals surface area contributed by atoms with E-state index in [-0.39, 0.29) is 24.0 Å². The highest BCUT2D eigenvalue weighted by Gasteiger charge is 2.37. The Morgan fingerprint density at radius 3 is 2.61 bits per heavy atom. The second kappa shape index (κ2) is 11.5. The number of imide groups is 1. The molecule has 0 unspecified atom stereocenters. The zero-order valence-electron chi connectivity index (χ0n) is 18.1. The minimum Gasteiger partial charge on any atom is -0.490 e. The van der Waals surface area contributed by atoms with Crippen LogP contribution >= 0.6 is 27.7 Å². The number of morpholine rings is 1. The second-order valence-electron chi connectivity index (χ2n) is 6.89. The first-order chi connectivity index (χ1) is 15.8. The van der Waals surface area contributed by atoms with Crippen molar-refractivity contribution in [1.29, 1.82) is 0 Å². The van der Waals surface area contributed by atoms with Crippen molar-refractivity contribution >= 4 is 56.8 Å². The summed E-state index contributed by atoms with van der Waals surface area (Å²) < 4.78 is 21.4. The fraction of sp³-hybridized carbons (Fsp3) is 0.429. The molecule has 178 valence electrons. The molecule has 0 aliphatic carbocycles. The van der Waals surface area contributed by atoms with Gasteiger partial charge in [-0.05, 0) is 58.4 Å². The molecule has 2 aliphatic heterocycles. The quantitative estimate of drug-likeness (QED) is 0.360. The first-order valence-corrected chi connectivity index (χ1v) is 11.7. The number of methoxy groups -OCH3 is 1. The summed E-state index contributed by atoms with van der Waals surface area (Å²) in [6.45, 7) is 3.26. The lowest BCUT2D eigenvalue weighted by Crippen LogP contribution is -2.46. The third-order valence-corrected chi connectivity index (χ3v) is 6.22. The molecule has 0 N–H and O–H groups in total. The molecule has 0 saturated carbocycles. The summed E-state index contributed by atoms with van der Waals surface area (Å²) in [6, 6.07) is 3.30. The molecule has 12 heteroatoms. The lowest BCUT2D eigenvalue weighted by atomic mass is 10.2. The molecule has 0 bridgehead atoms. The molecule has 2 fully saturated rings. The zero-order valence-corrected chi connectivity index (χ0v) is 20.5. The summed E-state index contributed by atoms with van der Waals surface area (Å²) in [5.74, 6) is -0.719. The van der Waals surface area contributed by atoms with Crippen LogP contribution in [-0.4, -0.2) is 86.0 Å². The van der Waals surface area contributed by atoms with Crippen LogP contribution in [0.2, 0.25) is 0 Å². The van der Waals surface area contributed by atoms with Crippen LogP contribution < -0.4 is 9.47 Å². The first-order valence-electron chi connectivity index (χ1n) is 10.1. The van der Waals surface area contributed by atoms with Crippen LogP contribution in [0.15, 0.2) is 21.5 Å². The van der Waals surface area contributed by atoms with Crippen LogP contribution in [0.1, 0.15) is 12.5 Å². The Bertz CT molecular complexity index is 977. The summed E-state index contributed by atoms with van der Waals surface area (Å²) in [5, 5.41) is -0.505. The van der Waals surface area contributed by atoms with E-state index in [9.17, 15) is 19.2 Å².